The summed E-state index contributed by atoms with van der Waals surface area (Å²) in [6.45, 7) is 4.83. The van der Waals surface area contributed by atoms with Gasteiger partial charge in [0.25, 0.3) is 0 Å². The summed E-state index contributed by atoms with van der Waals surface area (Å²) in [5.41, 5.74) is 7.32. The number of benzene rings is 1. The Morgan fingerprint density at radius 2 is 2.12 bits per heavy atom. The van der Waals surface area contributed by atoms with Crippen LogP contribution in [0.15, 0.2) is 28.7 Å². The fourth-order valence-electron chi connectivity index (χ4n) is 1.52. The van der Waals surface area contributed by atoms with Crippen LogP contribution in [0.4, 0.5) is 0 Å². The van der Waals surface area contributed by atoms with Crippen molar-refractivity contribution in [2.45, 2.75) is 38.8 Å². The van der Waals surface area contributed by atoms with Gasteiger partial charge in [-0.2, -0.15) is 0 Å². The maximum atomic E-state index is 6.05. The number of rotatable bonds is 6. The molecule has 0 amide bonds. The summed E-state index contributed by atoms with van der Waals surface area (Å²) in [7, 11) is 0. The second-order valence-electron chi connectivity index (χ2n) is 4.30. The van der Waals surface area contributed by atoms with E-state index in [2.05, 4.69) is 28.1 Å². The third-order valence-corrected chi connectivity index (χ3v) is 2.82. The van der Waals surface area contributed by atoms with Gasteiger partial charge in [0.2, 0.25) is 0 Å². The highest BCUT2D eigenvalue weighted by molar-refractivity contribution is 9.10. The Kier molecular flexibility index (Phi) is 6.03. The van der Waals surface area contributed by atoms with Gasteiger partial charge in [0, 0.05) is 17.1 Å². The highest BCUT2D eigenvalue weighted by Crippen LogP contribution is 2.13. The van der Waals surface area contributed by atoms with Gasteiger partial charge >= 0.3 is 0 Å². The standard InChI is InChI=1S/C13H20BrNO/c1-10(2)16-7-6-13(15)9-11-4-3-5-12(14)8-11/h3-5,8,10,13H,6-7,9,15H2,1-2H3. The maximum absolute atomic E-state index is 6.05. The Morgan fingerprint density at radius 3 is 2.75 bits per heavy atom. The lowest BCUT2D eigenvalue weighted by Crippen LogP contribution is -2.25. The van der Waals surface area contributed by atoms with Crippen LogP contribution in [0.3, 0.4) is 0 Å². The first-order valence-corrected chi connectivity index (χ1v) is 6.49. The van der Waals surface area contributed by atoms with Gasteiger partial charge in [0.1, 0.15) is 0 Å². The molecule has 1 atom stereocenters. The van der Waals surface area contributed by atoms with Crippen molar-refractivity contribution in [2.24, 2.45) is 5.73 Å². The summed E-state index contributed by atoms with van der Waals surface area (Å²) in [6, 6.07) is 8.46. The molecule has 0 aliphatic heterocycles. The molecule has 2 nitrogen and oxygen atoms in total. The highest BCUT2D eigenvalue weighted by Gasteiger charge is 2.05. The first-order chi connectivity index (χ1) is 7.58. The van der Waals surface area contributed by atoms with Crippen molar-refractivity contribution in [3.8, 4) is 0 Å². The predicted molar refractivity (Wildman–Crippen MR) is 71.5 cm³/mol. The Hall–Kier alpha value is -0.380. The smallest absolute Gasteiger partial charge is 0.0518 e. The lowest BCUT2D eigenvalue weighted by atomic mass is 10.0. The van der Waals surface area contributed by atoms with Crippen LogP contribution in [0.1, 0.15) is 25.8 Å². The summed E-state index contributed by atoms with van der Waals surface area (Å²) in [5, 5.41) is 0. The monoisotopic (exact) mass is 285 g/mol. The molecule has 0 saturated carbocycles. The molecule has 2 N–H and O–H groups in total. The Bertz CT molecular complexity index is 315. The molecule has 0 saturated heterocycles. The van der Waals surface area contributed by atoms with E-state index >= 15 is 0 Å². The van der Waals surface area contributed by atoms with Gasteiger partial charge < -0.3 is 10.5 Å². The number of hydrogen-bond acceptors (Lipinski definition) is 2. The number of ether oxygens (including phenoxy) is 1. The van der Waals surface area contributed by atoms with Crippen molar-refractivity contribution >= 4 is 15.9 Å². The van der Waals surface area contributed by atoms with Crippen molar-refractivity contribution in [3.05, 3.63) is 34.3 Å². The molecule has 1 aromatic rings. The van der Waals surface area contributed by atoms with Gasteiger partial charge in [-0.1, -0.05) is 28.1 Å². The summed E-state index contributed by atoms with van der Waals surface area (Å²) >= 11 is 3.46. The fourth-order valence-corrected chi connectivity index (χ4v) is 1.97. The minimum absolute atomic E-state index is 0.174. The Labute approximate surface area is 106 Å². The van der Waals surface area contributed by atoms with Crippen LogP contribution in [0.5, 0.6) is 0 Å². The highest BCUT2D eigenvalue weighted by atomic mass is 79.9. The molecule has 1 rings (SSSR count). The molecule has 0 radical (unpaired) electrons. The molecule has 0 spiro atoms. The van der Waals surface area contributed by atoms with Crippen LogP contribution in [0, 0.1) is 0 Å². The minimum atomic E-state index is 0.174. The van der Waals surface area contributed by atoms with Crippen LogP contribution in [-0.4, -0.2) is 18.8 Å². The van der Waals surface area contributed by atoms with Gasteiger partial charge in [0.05, 0.1) is 6.10 Å². The van der Waals surface area contributed by atoms with E-state index in [9.17, 15) is 0 Å². The molecule has 1 aromatic carbocycles. The second kappa shape index (κ2) is 7.05. The molecular weight excluding hydrogens is 266 g/mol. The van der Waals surface area contributed by atoms with Crippen LogP contribution < -0.4 is 5.73 Å². The van der Waals surface area contributed by atoms with Gasteiger partial charge in [-0.25, -0.2) is 0 Å². The zero-order chi connectivity index (χ0) is 12.0. The van der Waals surface area contributed by atoms with Crippen LogP contribution in [-0.2, 0) is 11.2 Å². The third-order valence-electron chi connectivity index (χ3n) is 2.33. The summed E-state index contributed by atoms with van der Waals surface area (Å²) in [4.78, 5) is 0. The lowest BCUT2D eigenvalue weighted by molar-refractivity contribution is 0.0737. The van der Waals surface area contributed by atoms with Gasteiger partial charge in [-0.3, -0.25) is 0 Å². The molecule has 0 aromatic heterocycles. The summed E-state index contributed by atoms with van der Waals surface area (Å²) in [6.07, 6.45) is 2.10. The molecule has 3 heteroatoms. The molecule has 0 aliphatic carbocycles. The van der Waals surface area contributed by atoms with E-state index in [1.807, 2.05) is 26.0 Å². The normalized spacial score (nSPS) is 13.1. The van der Waals surface area contributed by atoms with E-state index in [4.69, 9.17) is 10.5 Å². The lowest BCUT2D eigenvalue weighted by Gasteiger charge is -2.13. The number of halogens is 1. The molecule has 0 aliphatic rings. The quantitative estimate of drug-likeness (QED) is 0.872. The molecular formula is C13H20BrNO. The van der Waals surface area contributed by atoms with E-state index < -0.39 is 0 Å². The molecule has 0 heterocycles. The van der Waals surface area contributed by atoms with Crippen molar-refractivity contribution in [1.29, 1.82) is 0 Å². The topological polar surface area (TPSA) is 35.2 Å². The van der Waals surface area contributed by atoms with Crippen molar-refractivity contribution in [2.75, 3.05) is 6.61 Å². The molecule has 16 heavy (non-hydrogen) atoms. The average Bonchev–Trinajstić information content (AvgIpc) is 2.16. The van der Waals surface area contributed by atoms with E-state index in [-0.39, 0.29) is 12.1 Å². The predicted octanol–water partition coefficient (Wildman–Crippen LogP) is 3.13. The van der Waals surface area contributed by atoms with Crippen molar-refractivity contribution in [3.63, 3.8) is 0 Å². The molecule has 90 valence electrons. The van der Waals surface area contributed by atoms with Gasteiger partial charge in [0.15, 0.2) is 0 Å². The minimum Gasteiger partial charge on any atom is -0.379 e. The van der Waals surface area contributed by atoms with Crippen molar-refractivity contribution < 1.29 is 4.74 Å². The largest absolute Gasteiger partial charge is 0.379 e. The van der Waals surface area contributed by atoms with Crippen LogP contribution in [0.25, 0.3) is 0 Å². The Morgan fingerprint density at radius 1 is 1.38 bits per heavy atom. The third kappa shape index (κ3) is 5.64. The van der Waals surface area contributed by atoms with Crippen molar-refractivity contribution in [1.82, 2.24) is 0 Å². The SMILES string of the molecule is CC(C)OCCC(N)Cc1cccc(Br)c1. The number of hydrogen-bond donors (Lipinski definition) is 1. The summed E-state index contributed by atoms with van der Waals surface area (Å²) in [5.74, 6) is 0. The van der Waals surface area contributed by atoms with E-state index in [0.29, 0.717) is 0 Å². The first-order valence-electron chi connectivity index (χ1n) is 5.69. The number of nitrogens with two attached hydrogens (primary N) is 1. The fraction of sp³-hybridized carbons (Fsp3) is 0.538. The van der Waals surface area contributed by atoms with E-state index in [1.54, 1.807) is 0 Å². The summed E-state index contributed by atoms with van der Waals surface area (Å²) < 4.78 is 6.59. The zero-order valence-electron chi connectivity index (χ0n) is 9.95. The molecule has 0 fully saturated rings. The first kappa shape index (κ1) is 13.7. The van der Waals surface area contributed by atoms with Crippen LogP contribution >= 0.6 is 15.9 Å². The second-order valence-corrected chi connectivity index (χ2v) is 5.22. The Balaban J connectivity index is 2.31. The van der Waals surface area contributed by atoms with Crippen LogP contribution in [0.2, 0.25) is 0 Å². The van der Waals surface area contributed by atoms with E-state index in [1.165, 1.54) is 5.56 Å². The van der Waals surface area contributed by atoms with E-state index in [0.717, 1.165) is 23.9 Å². The maximum Gasteiger partial charge on any atom is 0.0518 e. The van der Waals surface area contributed by atoms with Gasteiger partial charge in [-0.05, 0) is 44.4 Å². The molecule has 0 bridgehead atoms. The average molecular weight is 286 g/mol. The molecule has 1 unspecified atom stereocenters. The zero-order valence-corrected chi connectivity index (χ0v) is 11.5. The van der Waals surface area contributed by atoms with Gasteiger partial charge in [-0.15, -0.1) is 0 Å².